The van der Waals surface area contributed by atoms with E-state index in [2.05, 4.69) is 5.43 Å². The molecule has 1 saturated heterocycles. The standard InChI is InChI=1S/C14H19F3N2O/c15-14(16,17)12-5-1-3-10(7-12)8-13(19-18)11-4-2-6-20-9-11/h1,3,5,7,11,13,19H,2,4,6,8-9,18H2. The first-order chi connectivity index (χ1) is 9.50. The van der Waals surface area contributed by atoms with Crippen LogP contribution in [0.25, 0.3) is 0 Å². The topological polar surface area (TPSA) is 47.3 Å². The zero-order chi connectivity index (χ0) is 14.6. The lowest BCUT2D eigenvalue weighted by molar-refractivity contribution is -0.137. The van der Waals surface area contributed by atoms with Crippen LogP contribution in [0, 0.1) is 5.92 Å². The Hall–Kier alpha value is -1.11. The van der Waals surface area contributed by atoms with Gasteiger partial charge in [0, 0.05) is 12.6 Å². The molecule has 3 nitrogen and oxygen atoms in total. The molecule has 0 aromatic heterocycles. The van der Waals surface area contributed by atoms with Gasteiger partial charge < -0.3 is 4.74 Å². The third-order valence-corrected chi connectivity index (χ3v) is 3.69. The van der Waals surface area contributed by atoms with Crippen molar-refractivity contribution in [2.24, 2.45) is 11.8 Å². The van der Waals surface area contributed by atoms with Crippen molar-refractivity contribution < 1.29 is 17.9 Å². The molecule has 6 heteroatoms. The lowest BCUT2D eigenvalue weighted by Crippen LogP contribution is -2.45. The van der Waals surface area contributed by atoms with Crippen LogP contribution in [-0.2, 0) is 17.3 Å². The van der Waals surface area contributed by atoms with Gasteiger partial charge in [-0.1, -0.05) is 18.2 Å². The minimum Gasteiger partial charge on any atom is -0.381 e. The Balaban J connectivity index is 2.07. The van der Waals surface area contributed by atoms with E-state index in [0.717, 1.165) is 25.5 Å². The number of rotatable bonds is 4. The maximum absolute atomic E-state index is 12.7. The Bertz CT molecular complexity index is 431. The lowest BCUT2D eigenvalue weighted by atomic mass is 9.89. The van der Waals surface area contributed by atoms with Crippen LogP contribution in [0.1, 0.15) is 24.0 Å². The summed E-state index contributed by atoms with van der Waals surface area (Å²) in [4.78, 5) is 0. The average Bonchev–Trinajstić information content (AvgIpc) is 2.45. The van der Waals surface area contributed by atoms with E-state index in [9.17, 15) is 13.2 Å². The van der Waals surface area contributed by atoms with Gasteiger partial charge in [0.15, 0.2) is 0 Å². The van der Waals surface area contributed by atoms with Gasteiger partial charge in [-0.15, -0.1) is 0 Å². The fraction of sp³-hybridized carbons (Fsp3) is 0.571. The number of nitrogens with one attached hydrogen (secondary N) is 1. The van der Waals surface area contributed by atoms with Crippen molar-refractivity contribution in [2.45, 2.75) is 31.5 Å². The average molecular weight is 288 g/mol. The summed E-state index contributed by atoms with van der Waals surface area (Å²) < 4.78 is 43.4. The summed E-state index contributed by atoms with van der Waals surface area (Å²) in [6, 6.07) is 5.33. The van der Waals surface area contributed by atoms with Crippen LogP contribution < -0.4 is 11.3 Å². The Kier molecular flexibility index (Phi) is 5.01. The zero-order valence-electron chi connectivity index (χ0n) is 11.1. The molecule has 1 aliphatic heterocycles. The Morgan fingerprint density at radius 2 is 2.20 bits per heavy atom. The van der Waals surface area contributed by atoms with Gasteiger partial charge in [-0.05, 0) is 36.8 Å². The first-order valence-electron chi connectivity index (χ1n) is 6.70. The van der Waals surface area contributed by atoms with E-state index >= 15 is 0 Å². The van der Waals surface area contributed by atoms with Crippen molar-refractivity contribution in [1.82, 2.24) is 5.43 Å². The van der Waals surface area contributed by atoms with Crippen LogP contribution in [0.5, 0.6) is 0 Å². The smallest absolute Gasteiger partial charge is 0.381 e. The normalized spacial score (nSPS) is 21.7. The van der Waals surface area contributed by atoms with Crippen LogP contribution in [0.4, 0.5) is 13.2 Å². The van der Waals surface area contributed by atoms with Crippen molar-refractivity contribution in [3.05, 3.63) is 35.4 Å². The first kappa shape index (κ1) is 15.3. The van der Waals surface area contributed by atoms with Gasteiger partial charge >= 0.3 is 6.18 Å². The summed E-state index contributed by atoms with van der Waals surface area (Å²) in [7, 11) is 0. The second kappa shape index (κ2) is 6.56. The maximum Gasteiger partial charge on any atom is 0.416 e. The van der Waals surface area contributed by atoms with Gasteiger partial charge in [-0.25, -0.2) is 0 Å². The second-order valence-corrected chi connectivity index (χ2v) is 5.15. The summed E-state index contributed by atoms with van der Waals surface area (Å²) in [5.41, 5.74) is 2.73. The summed E-state index contributed by atoms with van der Waals surface area (Å²) in [6.45, 7) is 1.35. The second-order valence-electron chi connectivity index (χ2n) is 5.15. The van der Waals surface area contributed by atoms with E-state index in [1.807, 2.05) is 0 Å². The number of hydrazine groups is 1. The molecular formula is C14H19F3N2O. The predicted molar refractivity (Wildman–Crippen MR) is 69.8 cm³/mol. The predicted octanol–water partition coefficient (Wildman–Crippen LogP) is 2.51. The van der Waals surface area contributed by atoms with E-state index in [1.165, 1.54) is 12.1 Å². The van der Waals surface area contributed by atoms with E-state index in [-0.39, 0.29) is 12.0 Å². The van der Waals surface area contributed by atoms with Crippen molar-refractivity contribution in [3.8, 4) is 0 Å². The molecule has 0 radical (unpaired) electrons. The Morgan fingerprint density at radius 3 is 2.80 bits per heavy atom. The lowest BCUT2D eigenvalue weighted by Gasteiger charge is -2.30. The third kappa shape index (κ3) is 3.94. The highest BCUT2D eigenvalue weighted by atomic mass is 19.4. The largest absolute Gasteiger partial charge is 0.416 e. The van der Waals surface area contributed by atoms with Gasteiger partial charge in [0.2, 0.25) is 0 Å². The highest BCUT2D eigenvalue weighted by Crippen LogP contribution is 2.30. The number of hydrogen-bond donors (Lipinski definition) is 2. The number of nitrogens with two attached hydrogens (primary N) is 1. The van der Waals surface area contributed by atoms with Gasteiger partial charge in [0.05, 0.1) is 12.2 Å². The van der Waals surface area contributed by atoms with E-state index in [0.29, 0.717) is 18.6 Å². The molecule has 20 heavy (non-hydrogen) atoms. The molecule has 1 fully saturated rings. The number of hydrogen-bond acceptors (Lipinski definition) is 3. The van der Waals surface area contributed by atoms with E-state index in [1.54, 1.807) is 6.07 Å². The molecule has 2 unspecified atom stereocenters. The molecule has 0 bridgehead atoms. The van der Waals surface area contributed by atoms with Crippen molar-refractivity contribution >= 4 is 0 Å². The van der Waals surface area contributed by atoms with Crippen molar-refractivity contribution in [2.75, 3.05) is 13.2 Å². The minimum atomic E-state index is -4.31. The number of alkyl halides is 3. The highest BCUT2D eigenvalue weighted by molar-refractivity contribution is 5.26. The van der Waals surface area contributed by atoms with Crippen molar-refractivity contribution in [3.63, 3.8) is 0 Å². The number of benzene rings is 1. The third-order valence-electron chi connectivity index (χ3n) is 3.69. The summed E-state index contributed by atoms with van der Waals surface area (Å²) in [6.07, 6.45) is -1.90. The van der Waals surface area contributed by atoms with Gasteiger partial charge in [0.25, 0.3) is 0 Å². The summed E-state index contributed by atoms with van der Waals surface area (Å²) in [5, 5.41) is 0. The monoisotopic (exact) mass is 288 g/mol. The molecule has 112 valence electrons. The van der Waals surface area contributed by atoms with Crippen LogP contribution in [0.15, 0.2) is 24.3 Å². The van der Waals surface area contributed by atoms with Crippen LogP contribution >= 0.6 is 0 Å². The Labute approximate surface area is 116 Å². The molecule has 2 rings (SSSR count). The fourth-order valence-electron chi connectivity index (χ4n) is 2.57. The van der Waals surface area contributed by atoms with E-state index in [4.69, 9.17) is 10.6 Å². The molecule has 1 aliphatic rings. The van der Waals surface area contributed by atoms with E-state index < -0.39 is 11.7 Å². The van der Waals surface area contributed by atoms with Gasteiger partial charge in [0.1, 0.15) is 0 Å². The number of halogens is 3. The Morgan fingerprint density at radius 1 is 1.40 bits per heavy atom. The fourth-order valence-corrected chi connectivity index (χ4v) is 2.57. The van der Waals surface area contributed by atoms with Crippen LogP contribution in [0.2, 0.25) is 0 Å². The molecular weight excluding hydrogens is 269 g/mol. The molecule has 1 aromatic carbocycles. The first-order valence-corrected chi connectivity index (χ1v) is 6.70. The molecule has 0 aliphatic carbocycles. The SMILES string of the molecule is NNC(Cc1cccc(C(F)(F)F)c1)C1CCCOC1. The molecule has 3 N–H and O–H groups in total. The van der Waals surface area contributed by atoms with Crippen molar-refractivity contribution in [1.29, 1.82) is 0 Å². The molecule has 0 spiro atoms. The van der Waals surface area contributed by atoms with Gasteiger partial charge in [-0.3, -0.25) is 11.3 Å². The molecule has 2 atom stereocenters. The molecule has 1 heterocycles. The molecule has 0 saturated carbocycles. The van der Waals surface area contributed by atoms with Gasteiger partial charge in [-0.2, -0.15) is 13.2 Å². The quantitative estimate of drug-likeness (QED) is 0.661. The summed E-state index contributed by atoms with van der Waals surface area (Å²) >= 11 is 0. The van der Waals surface area contributed by atoms with Crippen LogP contribution in [0.3, 0.4) is 0 Å². The van der Waals surface area contributed by atoms with Crippen LogP contribution in [-0.4, -0.2) is 19.3 Å². The minimum absolute atomic E-state index is 0.0706. The zero-order valence-corrected chi connectivity index (χ0v) is 11.1. The maximum atomic E-state index is 12.7. The molecule has 1 aromatic rings. The summed E-state index contributed by atoms with van der Waals surface area (Å²) in [5.74, 6) is 5.79. The molecule has 0 amide bonds. The highest BCUT2D eigenvalue weighted by Gasteiger charge is 2.31. The number of ether oxygens (including phenoxy) is 1.